The van der Waals surface area contributed by atoms with Crippen molar-refractivity contribution in [3.63, 3.8) is 0 Å². The fourth-order valence-electron chi connectivity index (χ4n) is 3.95. The molecule has 7 heteroatoms. The number of halogens is 3. The highest BCUT2D eigenvalue weighted by Gasteiger charge is 2.42. The monoisotopic (exact) mass is 502 g/mol. The second-order valence-corrected chi connectivity index (χ2v) is 8.87. The van der Waals surface area contributed by atoms with Crippen molar-refractivity contribution in [3.8, 4) is 11.5 Å². The first-order chi connectivity index (χ1) is 14.5. The lowest BCUT2D eigenvalue weighted by molar-refractivity contribution is -0.0194. The lowest BCUT2D eigenvalue weighted by Gasteiger charge is -2.39. The molecule has 0 aromatic heterocycles. The van der Waals surface area contributed by atoms with Crippen molar-refractivity contribution in [1.82, 2.24) is 5.01 Å². The van der Waals surface area contributed by atoms with Crippen LogP contribution < -0.4 is 9.47 Å². The number of fused-ring (bicyclic) bond motifs is 3. The van der Waals surface area contributed by atoms with Crippen molar-refractivity contribution in [3.05, 3.63) is 91.9 Å². The van der Waals surface area contributed by atoms with E-state index in [9.17, 15) is 0 Å². The van der Waals surface area contributed by atoms with Crippen LogP contribution in [0.25, 0.3) is 0 Å². The maximum absolute atomic E-state index is 6.53. The Morgan fingerprint density at radius 2 is 1.83 bits per heavy atom. The van der Waals surface area contributed by atoms with Gasteiger partial charge in [-0.3, -0.25) is 0 Å². The third-order valence-corrected chi connectivity index (χ3v) is 6.62. The van der Waals surface area contributed by atoms with Gasteiger partial charge in [-0.2, -0.15) is 5.10 Å². The molecule has 0 aliphatic carbocycles. The summed E-state index contributed by atoms with van der Waals surface area (Å²) >= 11 is 16.5. The molecule has 0 amide bonds. The highest BCUT2D eigenvalue weighted by molar-refractivity contribution is 9.10. The van der Waals surface area contributed by atoms with Crippen molar-refractivity contribution in [2.24, 2.45) is 5.10 Å². The van der Waals surface area contributed by atoms with Gasteiger partial charge in [-0.05, 0) is 48.0 Å². The molecule has 0 spiro atoms. The molecule has 0 unspecified atom stereocenters. The summed E-state index contributed by atoms with van der Waals surface area (Å²) in [6, 6.07) is 19.5. The topological polar surface area (TPSA) is 34.1 Å². The van der Waals surface area contributed by atoms with Crippen molar-refractivity contribution < 1.29 is 9.47 Å². The molecule has 0 radical (unpaired) electrons. The van der Waals surface area contributed by atoms with Crippen LogP contribution >= 0.6 is 39.1 Å². The van der Waals surface area contributed by atoms with Gasteiger partial charge in [-0.15, -0.1) is 0 Å². The van der Waals surface area contributed by atoms with Crippen LogP contribution in [0.2, 0.25) is 10.0 Å². The third kappa shape index (κ3) is 3.35. The van der Waals surface area contributed by atoms with Gasteiger partial charge in [0, 0.05) is 27.0 Å². The molecule has 3 aromatic rings. The molecule has 2 aliphatic heterocycles. The zero-order valence-electron chi connectivity index (χ0n) is 16.0. The number of hydrazone groups is 1. The number of ether oxygens (including phenoxy) is 2. The minimum absolute atomic E-state index is 0.0286. The van der Waals surface area contributed by atoms with Crippen LogP contribution in [0, 0.1) is 0 Å². The Balaban J connectivity index is 1.62. The predicted molar refractivity (Wildman–Crippen MR) is 123 cm³/mol. The Kier molecular flexibility index (Phi) is 5.13. The summed E-state index contributed by atoms with van der Waals surface area (Å²) in [6.07, 6.45) is 0.313. The number of nitrogens with zero attached hydrogens (tertiary/aromatic N) is 2. The van der Waals surface area contributed by atoms with E-state index >= 15 is 0 Å². The van der Waals surface area contributed by atoms with E-state index in [2.05, 4.69) is 15.9 Å². The molecule has 152 valence electrons. The van der Waals surface area contributed by atoms with Gasteiger partial charge in [-0.1, -0.05) is 57.3 Å². The summed E-state index contributed by atoms with van der Waals surface area (Å²) in [4.78, 5) is 0. The summed E-state index contributed by atoms with van der Waals surface area (Å²) in [5.74, 6) is 1.47. The van der Waals surface area contributed by atoms with Crippen LogP contribution in [0.15, 0.2) is 70.2 Å². The van der Waals surface area contributed by atoms with Gasteiger partial charge >= 0.3 is 0 Å². The first kappa shape index (κ1) is 19.7. The van der Waals surface area contributed by atoms with Gasteiger partial charge in [0.1, 0.15) is 11.5 Å². The Morgan fingerprint density at radius 1 is 1.07 bits per heavy atom. The molecule has 0 fully saturated rings. The van der Waals surface area contributed by atoms with E-state index in [1.54, 1.807) is 13.2 Å². The maximum atomic E-state index is 6.53. The van der Waals surface area contributed by atoms with Crippen molar-refractivity contribution in [2.45, 2.75) is 18.7 Å². The number of benzene rings is 3. The number of methoxy groups -OCH3 is 1. The molecule has 2 aliphatic rings. The van der Waals surface area contributed by atoms with E-state index in [0.717, 1.165) is 39.0 Å². The van der Waals surface area contributed by atoms with Gasteiger partial charge < -0.3 is 9.47 Å². The lowest BCUT2D eigenvalue weighted by atomic mass is 9.96. The first-order valence-electron chi connectivity index (χ1n) is 9.45. The van der Waals surface area contributed by atoms with E-state index < -0.39 is 6.23 Å². The van der Waals surface area contributed by atoms with Crippen LogP contribution in [0.3, 0.4) is 0 Å². The average Bonchev–Trinajstić information content (AvgIpc) is 3.20. The number of hydrogen-bond donors (Lipinski definition) is 0. The Hall–Kier alpha value is -2.21. The van der Waals surface area contributed by atoms with Gasteiger partial charge in [0.2, 0.25) is 6.23 Å². The number of hydrogen-bond acceptors (Lipinski definition) is 4. The highest BCUT2D eigenvalue weighted by atomic mass is 79.9. The Morgan fingerprint density at radius 3 is 2.57 bits per heavy atom. The molecule has 5 rings (SSSR count). The molecule has 4 nitrogen and oxygen atoms in total. The Labute approximate surface area is 193 Å². The molecule has 30 heavy (non-hydrogen) atoms. The van der Waals surface area contributed by atoms with Crippen LogP contribution in [-0.2, 0) is 0 Å². The first-order valence-corrected chi connectivity index (χ1v) is 11.0. The molecule has 0 bridgehead atoms. The normalized spacial score (nSPS) is 19.6. The third-order valence-electron chi connectivity index (χ3n) is 5.40. The molecule has 0 saturated carbocycles. The largest absolute Gasteiger partial charge is 0.497 e. The second-order valence-electron chi connectivity index (χ2n) is 7.17. The fraction of sp³-hybridized carbons (Fsp3) is 0.174. The molecule has 2 heterocycles. The minimum Gasteiger partial charge on any atom is -0.497 e. The van der Waals surface area contributed by atoms with Crippen molar-refractivity contribution >= 4 is 44.8 Å². The maximum Gasteiger partial charge on any atom is 0.215 e. The average molecular weight is 504 g/mol. The molecular formula is C23H17BrCl2N2O2. The molecular weight excluding hydrogens is 487 g/mol. The quantitative estimate of drug-likeness (QED) is 0.385. The van der Waals surface area contributed by atoms with Crippen LogP contribution in [-0.4, -0.2) is 17.8 Å². The SMILES string of the molecule is COc1ccc(C2=NN3[C@H](C2)c2cc(Cl)cc(Cl)c2O[C@@H]3c2ccccc2Br)cc1. The van der Waals surface area contributed by atoms with Crippen LogP contribution in [0.4, 0.5) is 0 Å². The summed E-state index contributed by atoms with van der Waals surface area (Å²) in [7, 11) is 1.66. The molecule has 2 atom stereocenters. The van der Waals surface area contributed by atoms with Crippen LogP contribution in [0.1, 0.15) is 35.4 Å². The van der Waals surface area contributed by atoms with Crippen molar-refractivity contribution in [2.75, 3.05) is 7.11 Å². The van der Waals surface area contributed by atoms with E-state index in [0.29, 0.717) is 15.8 Å². The van der Waals surface area contributed by atoms with Gasteiger partial charge in [0.05, 0.1) is 23.9 Å². The van der Waals surface area contributed by atoms with E-state index in [1.807, 2.05) is 59.6 Å². The van der Waals surface area contributed by atoms with Gasteiger partial charge in [0.15, 0.2) is 0 Å². The summed E-state index contributed by atoms with van der Waals surface area (Å²) in [5, 5.41) is 8.07. The van der Waals surface area contributed by atoms with E-state index in [-0.39, 0.29) is 6.04 Å². The zero-order chi connectivity index (χ0) is 20.8. The van der Waals surface area contributed by atoms with E-state index in [4.69, 9.17) is 37.8 Å². The zero-order valence-corrected chi connectivity index (χ0v) is 19.1. The minimum atomic E-state index is -0.410. The second kappa shape index (κ2) is 7.80. The summed E-state index contributed by atoms with van der Waals surface area (Å²) in [6.45, 7) is 0. The van der Waals surface area contributed by atoms with Gasteiger partial charge in [0.25, 0.3) is 0 Å². The molecule has 0 N–H and O–H groups in total. The molecule has 3 aromatic carbocycles. The lowest BCUT2D eigenvalue weighted by Crippen LogP contribution is -2.34. The molecule has 0 saturated heterocycles. The van der Waals surface area contributed by atoms with Crippen LogP contribution in [0.5, 0.6) is 11.5 Å². The standard InChI is InChI=1S/C23H17BrCl2N2O2/c1-29-15-8-6-13(7-9-15)20-12-21-17-10-14(25)11-19(26)22(17)30-23(28(21)27-20)16-4-2-3-5-18(16)24/h2-11,21,23H,12H2,1H3/t21-,23-/m1/s1. The van der Waals surface area contributed by atoms with E-state index in [1.165, 1.54) is 0 Å². The fourth-order valence-corrected chi connectivity index (χ4v) is 4.99. The summed E-state index contributed by atoms with van der Waals surface area (Å²) < 4.78 is 12.6. The number of rotatable bonds is 3. The highest BCUT2D eigenvalue weighted by Crippen LogP contribution is 2.51. The van der Waals surface area contributed by atoms with Crippen molar-refractivity contribution in [1.29, 1.82) is 0 Å². The smallest absolute Gasteiger partial charge is 0.215 e. The predicted octanol–water partition coefficient (Wildman–Crippen LogP) is 7.01. The summed E-state index contributed by atoms with van der Waals surface area (Å²) in [5.41, 5.74) is 3.96. The Bertz CT molecular complexity index is 1150. The van der Waals surface area contributed by atoms with Gasteiger partial charge in [-0.25, -0.2) is 5.01 Å².